The van der Waals surface area contributed by atoms with Gasteiger partial charge in [0.05, 0.1) is 16.7 Å². The molecule has 3 aromatic rings. The molecule has 3 rings (SSSR count). The highest BCUT2D eigenvalue weighted by molar-refractivity contribution is 9.11. The summed E-state index contributed by atoms with van der Waals surface area (Å²) in [6, 6.07) is 12.3. The molecule has 0 unspecified atom stereocenters. The second-order valence-electron chi connectivity index (χ2n) is 4.38. The Hall–Kier alpha value is -0.910. The van der Waals surface area contributed by atoms with Crippen LogP contribution in [-0.2, 0) is 0 Å². The standard InChI is InChI=1S/C14H10Br2N2S/c1-8-2-5-12-11(6-8)17-14(19)18(12)13-7-9(15)3-4-10(13)16/h2-7H,1H3,(H,17,19). The molecule has 0 bridgehead atoms. The third-order valence-electron chi connectivity index (χ3n) is 2.99. The Kier molecular flexibility index (Phi) is 3.37. The monoisotopic (exact) mass is 396 g/mol. The van der Waals surface area contributed by atoms with Crippen molar-refractivity contribution >= 4 is 55.1 Å². The zero-order chi connectivity index (χ0) is 13.6. The molecule has 0 aliphatic carbocycles. The minimum Gasteiger partial charge on any atom is -0.330 e. The van der Waals surface area contributed by atoms with Crippen molar-refractivity contribution in [3.05, 3.63) is 55.7 Å². The van der Waals surface area contributed by atoms with Gasteiger partial charge in [-0.25, -0.2) is 0 Å². The van der Waals surface area contributed by atoms with E-state index < -0.39 is 0 Å². The number of nitrogens with one attached hydrogen (secondary N) is 1. The van der Waals surface area contributed by atoms with Crippen LogP contribution in [0.15, 0.2) is 45.3 Å². The molecule has 5 heteroatoms. The number of fused-ring (bicyclic) bond motifs is 1. The van der Waals surface area contributed by atoms with Crippen molar-refractivity contribution in [2.75, 3.05) is 0 Å². The first-order valence-electron chi connectivity index (χ1n) is 5.73. The van der Waals surface area contributed by atoms with Crippen molar-refractivity contribution in [3.8, 4) is 5.69 Å². The van der Waals surface area contributed by atoms with Crippen molar-refractivity contribution < 1.29 is 0 Å². The Morgan fingerprint density at radius 3 is 2.68 bits per heavy atom. The van der Waals surface area contributed by atoms with Gasteiger partial charge < -0.3 is 4.98 Å². The predicted octanol–water partition coefficient (Wildman–Crippen LogP) is 5.52. The van der Waals surface area contributed by atoms with E-state index in [1.165, 1.54) is 5.56 Å². The van der Waals surface area contributed by atoms with Crippen molar-refractivity contribution in [2.45, 2.75) is 6.92 Å². The van der Waals surface area contributed by atoms with E-state index in [1.807, 2.05) is 22.8 Å². The zero-order valence-corrected chi connectivity index (χ0v) is 14.1. The van der Waals surface area contributed by atoms with E-state index in [2.05, 4.69) is 62.0 Å². The summed E-state index contributed by atoms with van der Waals surface area (Å²) in [6.07, 6.45) is 0. The molecule has 1 aromatic heterocycles. The van der Waals surface area contributed by atoms with E-state index in [-0.39, 0.29) is 0 Å². The van der Waals surface area contributed by atoms with Crippen LogP contribution in [0.5, 0.6) is 0 Å². The quantitative estimate of drug-likeness (QED) is 0.536. The van der Waals surface area contributed by atoms with Gasteiger partial charge >= 0.3 is 0 Å². The highest BCUT2D eigenvalue weighted by Crippen LogP contribution is 2.28. The number of aromatic amines is 1. The summed E-state index contributed by atoms with van der Waals surface area (Å²) < 4.78 is 4.76. The van der Waals surface area contributed by atoms with Crippen LogP contribution in [-0.4, -0.2) is 9.55 Å². The lowest BCUT2D eigenvalue weighted by atomic mass is 10.2. The van der Waals surface area contributed by atoms with E-state index in [0.29, 0.717) is 4.77 Å². The topological polar surface area (TPSA) is 20.7 Å². The fourth-order valence-electron chi connectivity index (χ4n) is 2.12. The van der Waals surface area contributed by atoms with Gasteiger partial charge in [0, 0.05) is 8.95 Å². The number of nitrogens with zero attached hydrogens (tertiary/aromatic N) is 1. The first-order valence-corrected chi connectivity index (χ1v) is 7.72. The lowest BCUT2D eigenvalue weighted by Gasteiger charge is -2.08. The first kappa shape index (κ1) is 13.1. The minimum absolute atomic E-state index is 0.694. The van der Waals surface area contributed by atoms with Crippen LogP contribution in [0.4, 0.5) is 0 Å². The third-order valence-corrected chi connectivity index (χ3v) is 4.44. The minimum atomic E-state index is 0.694. The van der Waals surface area contributed by atoms with Crippen LogP contribution in [0.1, 0.15) is 5.56 Å². The number of H-pyrrole nitrogens is 1. The molecule has 1 N–H and O–H groups in total. The van der Waals surface area contributed by atoms with Crippen LogP contribution in [0.3, 0.4) is 0 Å². The summed E-state index contributed by atoms with van der Waals surface area (Å²) in [4.78, 5) is 3.25. The molecule has 0 saturated heterocycles. The molecule has 0 amide bonds. The van der Waals surface area contributed by atoms with Gasteiger partial charge in [0.25, 0.3) is 0 Å². The normalized spacial score (nSPS) is 11.1. The molecule has 0 aliphatic rings. The Bertz CT molecular complexity index is 833. The van der Waals surface area contributed by atoms with Gasteiger partial charge in [-0.05, 0) is 71.0 Å². The average molecular weight is 398 g/mol. The van der Waals surface area contributed by atoms with E-state index in [4.69, 9.17) is 12.2 Å². The van der Waals surface area contributed by atoms with Gasteiger partial charge in [0.1, 0.15) is 0 Å². The number of rotatable bonds is 1. The van der Waals surface area contributed by atoms with Crippen LogP contribution < -0.4 is 0 Å². The maximum Gasteiger partial charge on any atom is 0.182 e. The van der Waals surface area contributed by atoms with E-state index >= 15 is 0 Å². The molecule has 2 aromatic carbocycles. The average Bonchev–Trinajstić information content (AvgIpc) is 2.67. The fraction of sp³-hybridized carbons (Fsp3) is 0.0714. The first-order chi connectivity index (χ1) is 9.06. The van der Waals surface area contributed by atoms with Gasteiger partial charge in [-0.3, -0.25) is 4.57 Å². The molecular weight excluding hydrogens is 388 g/mol. The molecule has 96 valence electrons. The number of imidazole rings is 1. The number of halogens is 2. The second kappa shape index (κ2) is 4.89. The van der Waals surface area contributed by atoms with E-state index in [1.54, 1.807) is 0 Å². The number of hydrogen-bond donors (Lipinski definition) is 1. The summed E-state index contributed by atoms with van der Waals surface area (Å²) in [5.74, 6) is 0. The van der Waals surface area contributed by atoms with E-state index in [9.17, 15) is 0 Å². The van der Waals surface area contributed by atoms with Crippen molar-refractivity contribution in [1.29, 1.82) is 0 Å². The van der Waals surface area contributed by atoms with Crippen LogP contribution >= 0.6 is 44.1 Å². The molecule has 0 aliphatic heterocycles. The van der Waals surface area contributed by atoms with Gasteiger partial charge in [0.2, 0.25) is 0 Å². The van der Waals surface area contributed by atoms with Crippen molar-refractivity contribution in [1.82, 2.24) is 9.55 Å². The Labute approximate surface area is 132 Å². The van der Waals surface area contributed by atoms with Crippen LogP contribution in [0.25, 0.3) is 16.7 Å². The summed E-state index contributed by atoms with van der Waals surface area (Å²) in [5, 5.41) is 0. The number of hydrogen-bond acceptors (Lipinski definition) is 1. The van der Waals surface area contributed by atoms with Gasteiger partial charge in [-0.15, -0.1) is 0 Å². The SMILES string of the molecule is Cc1ccc2c(c1)[nH]c(=S)n2-c1cc(Br)ccc1Br. The third kappa shape index (κ3) is 2.30. The molecule has 0 radical (unpaired) electrons. The van der Waals surface area contributed by atoms with Gasteiger partial charge in [-0.2, -0.15) is 0 Å². The van der Waals surface area contributed by atoms with Crippen molar-refractivity contribution in [3.63, 3.8) is 0 Å². The van der Waals surface area contributed by atoms with Crippen molar-refractivity contribution in [2.24, 2.45) is 0 Å². The summed E-state index contributed by atoms with van der Waals surface area (Å²) in [6.45, 7) is 2.07. The Morgan fingerprint density at radius 2 is 1.89 bits per heavy atom. The molecule has 2 nitrogen and oxygen atoms in total. The summed E-state index contributed by atoms with van der Waals surface area (Å²) in [5.41, 5.74) is 4.37. The molecule has 19 heavy (non-hydrogen) atoms. The molecule has 0 saturated carbocycles. The zero-order valence-electron chi connectivity index (χ0n) is 10.1. The van der Waals surface area contributed by atoms with E-state index in [0.717, 1.165) is 25.7 Å². The number of aromatic nitrogens is 2. The Balaban J connectivity index is 2.39. The molecule has 0 spiro atoms. The maximum atomic E-state index is 5.45. The molecule has 0 fully saturated rings. The lowest BCUT2D eigenvalue weighted by molar-refractivity contribution is 1.06. The highest BCUT2D eigenvalue weighted by atomic mass is 79.9. The summed E-state index contributed by atoms with van der Waals surface area (Å²) in [7, 11) is 0. The largest absolute Gasteiger partial charge is 0.330 e. The Morgan fingerprint density at radius 1 is 1.11 bits per heavy atom. The highest BCUT2D eigenvalue weighted by Gasteiger charge is 2.10. The molecular formula is C14H10Br2N2S. The fourth-order valence-corrected chi connectivity index (χ4v) is 3.20. The second-order valence-corrected chi connectivity index (χ2v) is 6.54. The van der Waals surface area contributed by atoms with Gasteiger partial charge in [0.15, 0.2) is 4.77 Å². The smallest absolute Gasteiger partial charge is 0.182 e. The predicted molar refractivity (Wildman–Crippen MR) is 88.6 cm³/mol. The molecule has 0 atom stereocenters. The number of aryl methyl sites for hydroxylation is 1. The summed E-state index contributed by atoms with van der Waals surface area (Å²) >= 11 is 12.5. The van der Waals surface area contributed by atoms with Crippen LogP contribution in [0.2, 0.25) is 0 Å². The maximum absolute atomic E-state index is 5.45. The molecule has 1 heterocycles. The number of benzene rings is 2. The van der Waals surface area contributed by atoms with Crippen LogP contribution in [0, 0.1) is 11.7 Å². The lowest BCUT2D eigenvalue weighted by Crippen LogP contribution is -1.95. The van der Waals surface area contributed by atoms with Gasteiger partial charge in [-0.1, -0.05) is 22.0 Å².